The van der Waals surface area contributed by atoms with Gasteiger partial charge in [0.1, 0.15) is 0 Å². The first kappa shape index (κ1) is 20.5. The molecule has 6 heteroatoms. The van der Waals surface area contributed by atoms with E-state index in [1.54, 1.807) is 32.4 Å². The largest absolute Gasteiger partial charge is 0.493 e. The second-order valence-corrected chi connectivity index (χ2v) is 6.57. The summed E-state index contributed by atoms with van der Waals surface area (Å²) in [5.41, 5.74) is 0.577. The summed E-state index contributed by atoms with van der Waals surface area (Å²) in [6, 6.07) is 5.57. The molecular formula is C20H32N2O4. The lowest BCUT2D eigenvalue weighted by Gasteiger charge is -2.38. The Morgan fingerprint density at radius 1 is 1.15 bits per heavy atom. The molecule has 1 amide bonds. The summed E-state index contributed by atoms with van der Waals surface area (Å²) >= 11 is 0. The van der Waals surface area contributed by atoms with E-state index in [2.05, 4.69) is 24.1 Å². The van der Waals surface area contributed by atoms with E-state index < -0.39 is 0 Å². The number of carbonyl (C=O) groups is 1. The molecule has 26 heavy (non-hydrogen) atoms. The van der Waals surface area contributed by atoms with E-state index in [9.17, 15) is 4.79 Å². The third-order valence-electron chi connectivity index (χ3n) is 5.23. The minimum Gasteiger partial charge on any atom is -0.493 e. The van der Waals surface area contributed by atoms with Crippen LogP contribution in [0.1, 0.15) is 37.0 Å². The highest BCUT2D eigenvalue weighted by atomic mass is 16.5. The molecule has 1 atom stereocenters. The molecule has 0 aromatic heterocycles. The van der Waals surface area contributed by atoms with Gasteiger partial charge in [0.15, 0.2) is 11.5 Å². The molecule has 1 heterocycles. The van der Waals surface area contributed by atoms with Gasteiger partial charge in [0.25, 0.3) is 5.91 Å². The molecule has 1 unspecified atom stereocenters. The molecule has 1 fully saturated rings. The van der Waals surface area contributed by atoms with Crippen molar-refractivity contribution in [2.45, 2.75) is 32.7 Å². The lowest BCUT2D eigenvalue weighted by molar-refractivity contribution is 0.00191. The van der Waals surface area contributed by atoms with Gasteiger partial charge >= 0.3 is 0 Å². The third kappa shape index (κ3) is 5.11. The summed E-state index contributed by atoms with van der Waals surface area (Å²) in [6.07, 6.45) is 2.20. The maximum atomic E-state index is 12.6. The van der Waals surface area contributed by atoms with Crippen LogP contribution in [-0.4, -0.2) is 63.9 Å². The first-order chi connectivity index (χ1) is 12.6. The zero-order chi connectivity index (χ0) is 18.9. The average molecular weight is 364 g/mol. The lowest BCUT2D eigenvalue weighted by atomic mass is 9.92. The van der Waals surface area contributed by atoms with Crippen molar-refractivity contribution >= 4 is 5.91 Å². The van der Waals surface area contributed by atoms with Gasteiger partial charge in [-0.05, 0) is 24.1 Å². The van der Waals surface area contributed by atoms with Crippen molar-refractivity contribution in [3.8, 4) is 11.5 Å². The second kappa shape index (κ2) is 10.4. The molecule has 1 aromatic carbocycles. The summed E-state index contributed by atoms with van der Waals surface area (Å²) in [5, 5.41) is 3.12. The van der Waals surface area contributed by atoms with Gasteiger partial charge in [-0.25, -0.2) is 0 Å². The predicted molar refractivity (Wildman–Crippen MR) is 102 cm³/mol. The number of benzene rings is 1. The van der Waals surface area contributed by atoms with Gasteiger partial charge in [-0.2, -0.15) is 0 Å². The SMILES string of the molecule is CCC(CC)C(CNC(=O)c1ccc(OC)c(OC)c1)N1CCOCC1. The first-order valence-electron chi connectivity index (χ1n) is 9.46. The Labute approximate surface area is 156 Å². The van der Waals surface area contributed by atoms with E-state index in [0.717, 1.165) is 39.1 Å². The van der Waals surface area contributed by atoms with E-state index >= 15 is 0 Å². The fourth-order valence-corrected chi connectivity index (χ4v) is 3.61. The molecule has 1 aromatic rings. The van der Waals surface area contributed by atoms with Crippen molar-refractivity contribution in [1.82, 2.24) is 10.2 Å². The number of amides is 1. The summed E-state index contributed by atoms with van der Waals surface area (Å²) in [4.78, 5) is 15.1. The third-order valence-corrected chi connectivity index (χ3v) is 5.23. The van der Waals surface area contributed by atoms with Crippen LogP contribution in [0.2, 0.25) is 0 Å². The molecule has 1 aliphatic rings. The molecule has 1 saturated heterocycles. The van der Waals surface area contributed by atoms with Crippen molar-refractivity contribution in [2.75, 3.05) is 47.1 Å². The second-order valence-electron chi connectivity index (χ2n) is 6.57. The van der Waals surface area contributed by atoms with Gasteiger partial charge in [0.2, 0.25) is 0 Å². The van der Waals surface area contributed by atoms with Gasteiger partial charge in [-0.15, -0.1) is 0 Å². The van der Waals surface area contributed by atoms with Crippen molar-refractivity contribution in [3.05, 3.63) is 23.8 Å². The number of nitrogens with one attached hydrogen (secondary N) is 1. The number of ether oxygens (including phenoxy) is 3. The highest BCUT2D eigenvalue weighted by Crippen LogP contribution is 2.27. The van der Waals surface area contributed by atoms with Crippen molar-refractivity contribution in [3.63, 3.8) is 0 Å². The summed E-state index contributed by atoms with van der Waals surface area (Å²) in [5.74, 6) is 1.64. The molecule has 0 saturated carbocycles. The van der Waals surface area contributed by atoms with Gasteiger partial charge < -0.3 is 19.5 Å². The number of carbonyl (C=O) groups excluding carboxylic acids is 1. The Morgan fingerprint density at radius 2 is 1.81 bits per heavy atom. The average Bonchev–Trinajstić information content (AvgIpc) is 2.70. The van der Waals surface area contributed by atoms with Gasteiger partial charge in [-0.3, -0.25) is 9.69 Å². The van der Waals surface area contributed by atoms with E-state index in [1.165, 1.54) is 0 Å². The number of methoxy groups -OCH3 is 2. The molecule has 0 spiro atoms. The quantitative estimate of drug-likeness (QED) is 0.730. The molecule has 146 valence electrons. The molecule has 1 N–H and O–H groups in total. The predicted octanol–water partition coefficient (Wildman–Crippen LogP) is 2.57. The fourth-order valence-electron chi connectivity index (χ4n) is 3.61. The molecule has 0 radical (unpaired) electrons. The van der Waals surface area contributed by atoms with Crippen LogP contribution in [0.5, 0.6) is 11.5 Å². The van der Waals surface area contributed by atoms with E-state index in [-0.39, 0.29) is 5.91 Å². The smallest absolute Gasteiger partial charge is 0.251 e. The Kier molecular flexibility index (Phi) is 8.19. The highest BCUT2D eigenvalue weighted by Gasteiger charge is 2.27. The zero-order valence-corrected chi connectivity index (χ0v) is 16.4. The van der Waals surface area contributed by atoms with E-state index in [0.29, 0.717) is 35.6 Å². The zero-order valence-electron chi connectivity index (χ0n) is 16.4. The van der Waals surface area contributed by atoms with Crippen molar-refractivity contribution in [1.29, 1.82) is 0 Å². The maximum absolute atomic E-state index is 12.6. The molecule has 2 rings (SSSR count). The summed E-state index contributed by atoms with van der Waals surface area (Å²) in [7, 11) is 3.15. The van der Waals surface area contributed by atoms with Crippen LogP contribution in [0.3, 0.4) is 0 Å². The summed E-state index contributed by atoms with van der Waals surface area (Å²) in [6.45, 7) is 8.45. The van der Waals surface area contributed by atoms with Crippen molar-refractivity contribution < 1.29 is 19.0 Å². The van der Waals surface area contributed by atoms with Crippen LogP contribution in [0, 0.1) is 5.92 Å². The number of rotatable bonds is 9. The highest BCUT2D eigenvalue weighted by molar-refractivity contribution is 5.94. The van der Waals surface area contributed by atoms with E-state index in [4.69, 9.17) is 14.2 Å². The first-order valence-corrected chi connectivity index (χ1v) is 9.46. The summed E-state index contributed by atoms with van der Waals surface area (Å²) < 4.78 is 16.0. The van der Waals surface area contributed by atoms with Crippen LogP contribution in [0.4, 0.5) is 0 Å². The van der Waals surface area contributed by atoms with Crippen LogP contribution >= 0.6 is 0 Å². The maximum Gasteiger partial charge on any atom is 0.251 e. The van der Waals surface area contributed by atoms with Gasteiger partial charge in [0.05, 0.1) is 27.4 Å². The Morgan fingerprint density at radius 3 is 2.38 bits per heavy atom. The standard InChI is InChI=1S/C20H32N2O4/c1-5-15(6-2)17(22-9-11-26-12-10-22)14-21-20(23)16-7-8-18(24-3)19(13-16)25-4/h7-8,13,15,17H,5-6,9-12,14H2,1-4H3,(H,21,23). The van der Waals surface area contributed by atoms with Crippen LogP contribution < -0.4 is 14.8 Å². The van der Waals surface area contributed by atoms with Crippen LogP contribution in [-0.2, 0) is 4.74 Å². The number of nitrogens with zero attached hydrogens (tertiary/aromatic N) is 1. The fraction of sp³-hybridized carbons (Fsp3) is 0.650. The van der Waals surface area contributed by atoms with E-state index in [1.807, 2.05) is 0 Å². The monoisotopic (exact) mass is 364 g/mol. The number of hydrogen-bond acceptors (Lipinski definition) is 5. The lowest BCUT2D eigenvalue weighted by Crippen LogP contribution is -2.52. The van der Waals surface area contributed by atoms with Crippen LogP contribution in [0.25, 0.3) is 0 Å². The Hall–Kier alpha value is -1.79. The normalized spacial score (nSPS) is 16.3. The Bertz CT molecular complexity index is 569. The van der Waals surface area contributed by atoms with Gasteiger partial charge in [0, 0.05) is 31.2 Å². The molecule has 6 nitrogen and oxygen atoms in total. The molecule has 0 aliphatic carbocycles. The van der Waals surface area contributed by atoms with Crippen LogP contribution in [0.15, 0.2) is 18.2 Å². The minimum absolute atomic E-state index is 0.0878. The molecule has 1 aliphatic heterocycles. The molecule has 0 bridgehead atoms. The number of hydrogen-bond donors (Lipinski definition) is 1. The van der Waals surface area contributed by atoms with Gasteiger partial charge in [-0.1, -0.05) is 26.7 Å². The minimum atomic E-state index is -0.0878. The van der Waals surface area contributed by atoms with Crippen molar-refractivity contribution in [2.24, 2.45) is 5.92 Å². The topological polar surface area (TPSA) is 60.0 Å². The molecular weight excluding hydrogens is 332 g/mol. The number of morpholine rings is 1. The Balaban J connectivity index is 2.05.